The van der Waals surface area contributed by atoms with Gasteiger partial charge in [0.25, 0.3) is 0 Å². The zero-order valence-electron chi connectivity index (χ0n) is 13.0. The SMILES string of the molecule is C=C(C)C(C)C[C@H](O)CCC1O[C@@H](CCCO)CC1=C. The van der Waals surface area contributed by atoms with Crippen molar-refractivity contribution in [3.8, 4) is 0 Å². The fourth-order valence-electron chi connectivity index (χ4n) is 2.63. The molecule has 0 saturated carbocycles. The van der Waals surface area contributed by atoms with Gasteiger partial charge in [0.05, 0.1) is 18.3 Å². The van der Waals surface area contributed by atoms with Crippen LogP contribution < -0.4 is 0 Å². The van der Waals surface area contributed by atoms with E-state index in [9.17, 15) is 5.11 Å². The summed E-state index contributed by atoms with van der Waals surface area (Å²) in [7, 11) is 0. The monoisotopic (exact) mass is 282 g/mol. The van der Waals surface area contributed by atoms with Gasteiger partial charge in [-0.2, -0.15) is 0 Å². The molecule has 1 rings (SSSR count). The van der Waals surface area contributed by atoms with Gasteiger partial charge >= 0.3 is 0 Å². The Morgan fingerprint density at radius 1 is 1.45 bits per heavy atom. The number of hydrogen-bond donors (Lipinski definition) is 2. The van der Waals surface area contributed by atoms with Crippen LogP contribution in [0.3, 0.4) is 0 Å². The Hall–Kier alpha value is -0.640. The van der Waals surface area contributed by atoms with Crippen LogP contribution >= 0.6 is 0 Å². The molecule has 1 aliphatic heterocycles. The summed E-state index contributed by atoms with van der Waals surface area (Å²) in [4.78, 5) is 0. The lowest BCUT2D eigenvalue weighted by Gasteiger charge is -2.19. The lowest BCUT2D eigenvalue weighted by Crippen LogP contribution is -2.17. The number of allylic oxidation sites excluding steroid dienone is 1. The van der Waals surface area contributed by atoms with Gasteiger partial charge in [-0.25, -0.2) is 0 Å². The van der Waals surface area contributed by atoms with Crippen LogP contribution in [0.15, 0.2) is 24.3 Å². The van der Waals surface area contributed by atoms with Crippen LogP contribution in [0, 0.1) is 5.92 Å². The molecule has 0 bridgehead atoms. The third kappa shape index (κ3) is 5.78. The summed E-state index contributed by atoms with van der Waals surface area (Å²) >= 11 is 0. The molecule has 2 N–H and O–H groups in total. The summed E-state index contributed by atoms with van der Waals surface area (Å²) in [6.45, 7) is 12.3. The first-order valence-electron chi connectivity index (χ1n) is 7.71. The Bertz CT molecular complexity index is 324. The number of hydrogen-bond acceptors (Lipinski definition) is 3. The molecule has 3 heteroatoms. The Labute approximate surface area is 123 Å². The summed E-state index contributed by atoms with van der Waals surface area (Å²) in [5, 5.41) is 18.9. The van der Waals surface area contributed by atoms with Gasteiger partial charge in [-0.1, -0.05) is 25.7 Å². The van der Waals surface area contributed by atoms with Crippen molar-refractivity contribution in [2.24, 2.45) is 5.92 Å². The first kappa shape index (κ1) is 17.4. The summed E-state index contributed by atoms with van der Waals surface area (Å²) in [5.41, 5.74) is 2.25. The topological polar surface area (TPSA) is 49.7 Å². The van der Waals surface area contributed by atoms with E-state index < -0.39 is 0 Å². The molecule has 4 atom stereocenters. The highest BCUT2D eigenvalue weighted by Crippen LogP contribution is 2.30. The van der Waals surface area contributed by atoms with Crippen LogP contribution in [0.5, 0.6) is 0 Å². The fourth-order valence-corrected chi connectivity index (χ4v) is 2.63. The third-order valence-electron chi connectivity index (χ3n) is 4.22. The highest BCUT2D eigenvalue weighted by atomic mass is 16.5. The van der Waals surface area contributed by atoms with Gasteiger partial charge in [0.2, 0.25) is 0 Å². The van der Waals surface area contributed by atoms with E-state index in [4.69, 9.17) is 9.84 Å². The molecule has 1 aliphatic rings. The molecule has 20 heavy (non-hydrogen) atoms. The number of rotatable bonds is 9. The molecule has 1 heterocycles. The lowest BCUT2D eigenvalue weighted by molar-refractivity contribution is 0.0291. The highest BCUT2D eigenvalue weighted by molar-refractivity contribution is 5.09. The van der Waals surface area contributed by atoms with Crippen LogP contribution in [0.2, 0.25) is 0 Å². The van der Waals surface area contributed by atoms with E-state index in [1.165, 1.54) is 0 Å². The molecular formula is C17H30O3. The quantitative estimate of drug-likeness (QED) is 0.638. The Morgan fingerprint density at radius 2 is 2.15 bits per heavy atom. The Morgan fingerprint density at radius 3 is 2.75 bits per heavy atom. The maximum atomic E-state index is 10.1. The zero-order chi connectivity index (χ0) is 15.1. The minimum absolute atomic E-state index is 0.0773. The molecule has 0 amide bonds. The van der Waals surface area contributed by atoms with Gasteiger partial charge in [-0.15, -0.1) is 0 Å². The predicted octanol–water partition coefficient (Wildman–Crippen LogP) is 3.22. The van der Waals surface area contributed by atoms with Crippen LogP contribution in [0.1, 0.15) is 52.4 Å². The first-order valence-corrected chi connectivity index (χ1v) is 7.71. The number of ether oxygens (including phenoxy) is 1. The Kier molecular flexibility index (Phi) is 7.49. The number of aliphatic hydroxyl groups is 2. The van der Waals surface area contributed by atoms with E-state index in [1.807, 2.05) is 6.92 Å². The molecule has 0 aliphatic carbocycles. The minimum atomic E-state index is -0.297. The molecule has 0 aromatic carbocycles. The molecule has 0 aromatic heterocycles. The van der Waals surface area contributed by atoms with Crippen LogP contribution in [-0.4, -0.2) is 35.1 Å². The van der Waals surface area contributed by atoms with E-state index in [1.54, 1.807) is 0 Å². The van der Waals surface area contributed by atoms with Crippen molar-refractivity contribution in [3.63, 3.8) is 0 Å². The van der Waals surface area contributed by atoms with Crippen molar-refractivity contribution >= 4 is 0 Å². The van der Waals surface area contributed by atoms with E-state index in [0.29, 0.717) is 5.92 Å². The van der Waals surface area contributed by atoms with Crippen LogP contribution in [-0.2, 0) is 4.74 Å². The molecule has 0 spiro atoms. The second-order valence-corrected chi connectivity index (χ2v) is 6.19. The van der Waals surface area contributed by atoms with E-state index in [-0.39, 0.29) is 24.9 Å². The van der Waals surface area contributed by atoms with Gasteiger partial charge in [0.15, 0.2) is 0 Å². The molecule has 1 fully saturated rings. The molecule has 116 valence electrons. The van der Waals surface area contributed by atoms with Crippen molar-refractivity contribution in [1.29, 1.82) is 0 Å². The predicted molar refractivity (Wildman–Crippen MR) is 82.6 cm³/mol. The van der Waals surface area contributed by atoms with Crippen molar-refractivity contribution in [2.45, 2.75) is 70.7 Å². The number of aliphatic hydroxyl groups excluding tert-OH is 2. The van der Waals surface area contributed by atoms with E-state index in [2.05, 4.69) is 20.1 Å². The Balaban J connectivity index is 2.27. The summed E-state index contributed by atoms with van der Waals surface area (Å²) in [6, 6.07) is 0. The molecular weight excluding hydrogens is 252 g/mol. The van der Waals surface area contributed by atoms with Crippen molar-refractivity contribution < 1.29 is 14.9 Å². The minimum Gasteiger partial charge on any atom is -0.396 e. The first-order chi connectivity index (χ1) is 9.43. The summed E-state index contributed by atoms with van der Waals surface area (Å²) < 4.78 is 5.94. The van der Waals surface area contributed by atoms with Gasteiger partial charge in [0, 0.05) is 6.61 Å². The van der Waals surface area contributed by atoms with E-state index in [0.717, 1.165) is 49.7 Å². The van der Waals surface area contributed by atoms with E-state index >= 15 is 0 Å². The average Bonchev–Trinajstić information content (AvgIpc) is 2.74. The summed E-state index contributed by atoms with van der Waals surface area (Å²) in [6.07, 6.45) is 4.89. The van der Waals surface area contributed by atoms with Gasteiger partial charge < -0.3 is 14.9 Å². The average molecular weight is 282 g/mol. The summed E-state index contributed by atoms with van der Waals surface area (Å²) in [5.74, 6) is 0.356. The molecule has 3 nitrogen and oxygen atoms in total. The van der Waals surface area contributed by atoms with Crippen LogP contribution in [0.25, 0.3) is 0 Å². The second kappa shape index (κ2) is 8.60. The normalized spacial score (nSPS) is 25.7. The molecule has 2 unspecified atom stereocenters. The van der Waals surface area contributed by atoms with Crippen molar-refractivity contribution in [2.75, 3.05) is 6.61 Å². The lowest BCUT2D eigenvalue weighted by atomic mass is 9.93. The van der Waals surface area contributed by atoms with Gasteiger partial charge in [-0.05, 0) is 56.9 Å². The second-order valence-electron chi connectivity index (χ2n) is 6.19. The molecule has 0 aromatic rings. The largest absolute Gasteiger partial charge is 0.396 e. The van der Waals surface area contributed by atoms with Crippen LogP contribution in [0.4, 0.5) is 0 Å². The maximum Gasteiger partial charge on any atom is 0.0788 e. The van der Waals surface area contributed by atoms with Crippen molar-refractivity contribution in [1.82, 2.24) is 0 Å². The fraction of sp³-hybridized carbons (Fsp3) is 0.765. The smallest absolute Gasteiger partial charge is 0.0788 e. The van der Waals surface area contributed by atoms with Gasteiger partial charge in [-0.3, -0.25) is 0 Å². The third-order valence-corrected chi connectivity index (χ3v) is 4.22. The van der Waals surface area contributed by atoms with Gasteiger partial charge in [0.1, 0.15) is 0 Å². The highest BCUT2D eigenvalue weighted by Gasteiger charge is 2.28. The standard InChI is InChI=1S/C17H30O3/c1-12(2)13(3)10-15(19)7-8-17-14(4)11-16(20-17)6-5-9-18/h13,15-19H,1,4-11H2,2-3H3/t13?,15-,16+,17?/m1/s1. The molecule has 1 saturated heterocycles. The zero-order valence-corrected chi connectivity index (χ0v) is 13.0. The molecule has 0 radical (unpaired) electrons. The van der Waals surface area contributed by atoms with Crippen molar-refractivity contribution in [3.05, 3.63) is 24.3 Å². The maximum absolute atomic E-state index is 10.1.